The van der Waals surface area contributed by atoms with Crippen LogP contribution in [0.25, 0.3) is 0 Å². The van der Waals surface area contributed by atoms with E-state index in [9.17, 15) is 19.3 Å². The Kier molecular flexibility index (Phi) is 4.52. The molecule has 0 saturated carbocycles. The number of nitro groups is 1. The van der Waals surface area contributed by atoms with E-state index in [0.29, 0.717) is 6.42 Å². The Balaban J connectivity index is 2.15. The van der Waals surface area contributed by atoms with Gasteiger partial charge < -0.3 is 10.6 Å². The lowest BCUT2D eigenvalue weighted by Crippen LogP contribution is -2.44. The lowest BCUT2D eigenvalue weighted by molar-refractivity contribution is -0.387. The number of rotatable bonds is 4. The summed E-state index contributed by atoms with van der Waals surface area (Å²) in [4.78, 5) is 22.2. The average Bonchev–Trinajstić information content (AvgIpc) is 2.47. The monoisotopic (exact) mass is 295 g/mol. The number of carbonyl (C=O) groups excluding carboxylic acids is 1. The second-order valence-corrected chi connectivity index (χ2v) is 5.26. The molecule has 2 N–H and O–H groups in total. The SMILES string of the molecule is CCC1(C(=O)Nc2ccc([N+](=O)[O-])c(F)c2)CCNCC1. The fourth-order valence-electron chi connectivity index (χ4n) is 2.64. The summed E-state index contributed by atoms with van der Waals surface area (Å²) >= 11 is 0. The number of benzene rings is 1. The third kappa shape index (κ3) is 3.18. The molecule has 1 amide bonds. The number of amides is 1. The molecule has 0 unspecified atom stereocenters. The van der Waals surface area contributed by atoms with Gasteiger partial charge in [-0.2, -0.15) is 4.39 Å². The fraction of sp³-hybridized carbons (Fsp3) is 0.500. The van der Waals surface area contributed by atoms with Crippen molar-refractivity contribution >= 4 is 17.3 Å². The predicted molar refractivity (Wildman–Crippen MR) is 76.5 cm³/mol. The zero-order valence-corrected chi connectivity index (χ0v) is 11.8. The van der Waals surface area contributed by atoms with Crippen LogP contribution in [-0.4, -0.2) is 23.9 Å². The van der Waals surface area contributed by atoms with Crippen LogP contribution < -0.4 is 10.6 Å². The van der Waals surface area contributed by atoms with Crippen LogP contribution >= 0.6 is 0 Å². The first-order chi connectivity index (χ1) is 9.98. The van der Waals surface area contributed by atoms with E-state index in [1.165, 1.54) is 6.07 Å². The van der Waals surface area contributed by atoms with Gasteiger partial charge in [-0.15, -0.1) is 0 Å². The summed E-state index contributed by atoms with van der Waals surface area (Å²) in [6.45, 7) is 3.51. The Morgan fingerprint density at radius 3 is 2.67 bits per heavy atom. The van der Waals surface area contributed by atoms with Gasteiger partial charge in [-0.05, 0) is 38.4 Å². The molecule has 21 heavy (non-hydrogen) atoms. The molecule has 1 aliphatic heterocycles. The molecule has 0 spiro atoms. The Bertz CT molecular complexity index is 556. The van der Waals surface area contributed by atoms with Gasteiger partial charge in [0.2, 0.25) is 11.7 Å². The standard InChI is InChI=1S/C14H18FN3O3/c1-2-14(5-7-16-8-6-14)13(19)17-10-3-4-12(18(20)21)11(15)9-10/h3-4,9,16H,2,5-8H2,1H3,(H,17,19). The van der Waals surface area contributed by atoms with Crippen molar-refractivity contribution in [2.24, 2.45) is 5.41 Å². The molecule has 0 radical (unpaired) electrons. The third-order valence-electron chi connectivity index (χ3n) is 4.12. The molecule has 6 nitrogen and oxygen atoms in total. The summed E-state index contributed by atoms with van der Waals surface area (Å²) in [5.74, 6) is -1.10. The first-order valence-corrected chi connectivity index (χ1v) is 6.94. The highest BCUT2D eigenvalue weighted by molar-refractivity contribution is 5.95. The number of piperidine rings is 1. The second kappa shape index (κ2) is 6.17. The summed E-state index contributed by atoms with van der Waals surface area (Å²) in [5, 5.41) is 16.5. The molecule has 0 aliphatic carbocycles. The molecule has 1 aromatic carbocycles. The maximum absolute atomic E-state index is 13.6. The van der Waals surface area contributed by atoms with Gasteiger partial charge in [0.25, 0.3) is 0 Å². The quantitative estimate of drug-likeness (QED) is 0.660. The summed E-state index contributed by atoms with van der Waals surface area (Å²) < 4.78 is 13.6. The molecule has 1 heterocycles. The van der Waals surface area contributed by atoms with Crippen molar-refractivity contribution in [2.45, 2.75) is 26.2 Å². The van der Waals surface area contributed by atoms with E-state index in [1.54, 1.807) is 0 Å². The molecule has 0 aromatic heterocycles. The van der Waals surface area contributed by atoms with Crippen molar-refractivity contribution in [1.29, 1.82) is 0 Å². The van der Waals surface area contributed by atoms with Crippen molar-refractivity contribution in [3.8, 4) is 0 Å². The minimum absolute atomic E-state index is 0.153. The smallest absolute Gasteiger partial charge is 0.304 e. The summed E-state index contributed by atoms with van der Waals surface area (Å²) in [6, 6.07) is 3.40. The van der Waals surface area contributed by atoms with Crippen LogP contribution in [0, 0.1) is 21.3 Å². The van der Waals surface area contributed by atoms with E-state index in [1.807, 2.05) is 6.92 Å². The van der Waals surface area contributed by atoms with Gasteiger partial charge in [-0.1, -0.05) is 6.92 Å². The minimum atomic E-state index is -0.950. The topological polar surface area (TPSA) is 84.3 Å². The number of halogens is 1. The van der Waals surface area contributed by atoms with Crippen molar-refractivity contribution in [1.82, 2.24) is 5.32 Å². The minimum Gasteiger partial charge on any atom is -0.325 e. The van der Waals surface area contributed by atoms with Gasteiger partial charge in [0.1, 0.15) is 0 Å². The summed E-state index contributed by atoms with van der Waals surface area (Å²) in [5.41, 5.74) is -0.807. The van der Waals surface area contributed by atoms with Crippen molar-refractivity contribution in [3.63, 3.8) is 0 Å². The summed E-state index contributed by atoms with van der Waals surface area (Å²) in [7, 11) is 0. The molecule has 1 saturated heterocycles. The third-order valence-corrected chi connectivity index (χ3v) is 4.12. The van der Waals surface area contributed by atoms with Gasteiger partial charge >= 0.3 is 5.69 Å². The highest BCUT2D eigenvalue weighted by Crippen LogP contribution is 2.34. The van der Waals surface area contributed by atoms with Crippen molar-refractivity contribution < 1.29 is 14.1 Å². The molecule has 2 rings (SSSR count). The molecule has 114 valence electrons. The predicted octanol–water partition coefficient (Wildman–Crippen LogP) is 2.45. The fourth-order valence-corrected chi connectivity index (χ4v) is 2.64. The van der Waals surface area contributed by atoms with Gasteiger partial charge in [0.15, 0.2) is 0 Å². The second-order valence-electron chi connectivity index (χ2n) is 5.26. The molecular weight excluding hydrogens is 277 g/mol. The van der Waals surface area contributed by atoms with Gasteiger partial charge in [0, 0.05) is 17.8 Å². The number of anilines is 1. The zero-order valence-electron chi connectivity index (χ0n) is 11.8. The van der Waals surface area contributed by atoms with Crippen LogP contribution in [0.4, 0.5) is 15.8 Å². The van der Waals surface area contributed by atoms with Crippen LogP contribution in [0.15, 0.2) is 18.2 Å². The van der Waals surface area contributed by atoms with Gasteiger partial charge in [-0.25, -0.2) is 0 Å². The Hall–Kier alpha value is -2.02. The molecule has 1 aromatic rings. The molecule has 7 heteroatoms. The Labute approximate surface area is 121 Å². The number of nitrogens with one attached hydrogen (secondary N) is 2. The largest absolute Gasteiger partial charge is 0.325 e. The first kappa shape index (κ1) is 15.4. The van der Waals surface area contributed by atoms with Crippen LogP contribution in [0.3, 0.4) is 0 Å². The van der Waals surface area contributed by atoms with Crippen LogP contribution in [0.5, 0.6) is 0 Å². The first-order valence-electron chi connectivity index (χ1n) is 6.94. The Morgan fingerprint density at radius 1 is 1.48 bits per heavy atom. The highest BCUT2D eigenvalue weighted by atomic mass is 19.1. The zero-order chi connectivity index (χ0) is 15.5. The number of carbonyl (C=O) groups is 1. The average molecular weight is 295 g/mol. The lowest BCUT2D eigenvalue weighted by Gasteiger charge is -2.35. The molecule has 0 bridgehead atoms. The normalized spacial score (nSPS) is 17.2. The maximum atomic E-state index is 13.6. The van der Waals surface area contributed by atoms with Crippen molar-refractivity contribution in [3.05, 3.63) is 34.1 Å². The van der Waals surface area contributed by atoms with Crippen LogP contribution in [0.2, 0.25) is 0 Å². The van der Waals surface area contributed by atoms with E-state index in [-0.39, 0.29) is 11.6 Å². The number of nitrogens with zero attached hydrogens (tertiary/aromatic N) is 1. The van der Waals surface area contributed by atoms with E-state index >= 15 is 0 Å². The lowest BCUT2D eigenvalue weighted by atomic mass is 9.76. The van der Waals surface area contributed by atoms with E-state index in [4.69, 9.17) is 0 Å². The Morgan fingerprint density at radius 2 is 2.14 bits per heavy atom. The van der Waals surface area contributed by atoms with Gasteiger partial charge in [-0.3, -0.25) is 14.9 Å². The highest BCUT2D eigenvalue weighted by Gasteiger charge is 2.37. The van der Waals surface area contributed by atoms with Crippen molar-refractivity contribution in [2.75, 3.05) is 18.4 Å². The van der Waals surface area contributed by atoms with E-state index < -0.39 is 21.8 Å². The van der Waals surface area contributed by atoms with Gasteiger partial charge in [0.05, 0.1) is 10.3 Å². The summed E-state index contributed by atoms with van der Waals surface area (Å²) in [6.07, 6.45) is 2.16. The molecule has 1 fully saturated rings. The maximum Gasteiger partial charge on any atom is 0.304 e. The van der Waals surface area contributed by atoms with Crippen LogP contribution in [0.1, 0.15) is 26.2 Å². The van der Waals surface area contributed by atoms with Crippen LogP contribution in [-0.2, 0) is 4.79 Å². The van der Waals surface area contributed by atoms with E-state index in [2.05, 4.69) is 10.6 Å². The number of hydrogen-bond acceptors (Lipinski definition) is 4. The number of hydrogen-bond donors (Lipinski definition) is 2. The molecule has 1 aliphatic rings. The molecular formula is C14H18FN3O3. The van der Waals surface area contributed by atoms with E-state index in [0.717, 1.165) is 38.1 Å². The molecule has 0 atom stereocenters. The number of nitro benzene ring substituents is 1.